The number of aromatic nitrogens is 1. The van der Waals surface area contributed by atoms with Gasteiger partial charge in [0.15, 0.2) is 0 Å². The third-order valence-corrected chi connectivity index (χ3v) is 5.95. The number of benzene rings is 2. The maximum Gasteiger partial charge on any atom is 0.128 e. The molecule has 32 heavy (non-hydrogen) atoms. The van der Waals surface area contributed by atoms with Gasteiger partial charge in [0.1, 0.15) is 5.75 Å². The molecule has 1 aromatic heterocycles. The van der Waals surface area contributed by atoms with Crippen LogP contribution >= 0.6 is 11.6 Å². The lowest BCUT2D eigenvalue weighted by Gasteiger charge is -2.23. The van der Waals surface area contributed by atoms with Crippen molar-refractivity contribution in [2.24, 2.45) is 0 Å². The van der Waals surface area contributed by atoms with Crippen LogP contribution < -0.4 is 4.74 Å². The maximum absolute atomic E-state index is 6.32. The van der Waals surface area contributed by atoms with E-state index < -0.39 is 0 Å². The molecule has 0 N–H and O–H groups in total. The Balaban J connectivity index is 1.98. The Bertz CT molecular complexity index is 1020. The number of nitrogens with zero attached hydrogens (tertiary/aromatic N) is 2. The molecular formula is C28H35ClN2O. The van der Waals surface area contributed by atoms with Crippen LogP contribution in [0.3, 0.4) is 0 Å². The van der Waals surface area contributed by atoms with Gasteiger partial charge >= 0.3 is 0 Å². The first kappa shape index (κ1) is 24.3. The zero-order valence-corrected chi connectivity index (χ0v) is 21.0. The summed E-state index contributed by atoms with van der Waals surface area (Å²) in [5.41, 5.74) is 8.33. The van der Waals surface area contributed by atoms with E-state index in [1.54, 1.807) is 0 Å². The number of hydrogen-bond acceptors (Lipinski definition) is 3. The molecule has 3 nitrogen and oxygen atoms in total. The topological polar surface area (TPSA) is 25.4 Å². The quantitative estimate of drug-likeness (QED) is 0.343. The van der Waals surface area contributed by atoms with Gasteiger partial charge in [0.05, 0.1) is 11.8 Å². The summed E-state index contributed by atoms with van der Waals surface area (Å²) in [6.45, 7) is 12.3. The van der Waals surface area contributed by atoms with Gasteiger partial charge in [0.2, 0.25) is 0 Å². The van der Waals surface area contributed by atoms with Crippen molar-refractivity contribution in [2.45, 2.75) is 66.7 Å². The highest BCUT2D eigenvalue weighted by Gasteiger charge is 2.18. The van der Waals surface area contributed by atoms with Gasteiger partial charge in [0.25, 0.3) is 0 Å². The Hall–Kier alpha value is -2.36. The summed E-state index contributed by atoms with van der Waals surface area (Å²) in [4.78, 5) is 7.37. The lowest BCUT2D eigenvalue weighted by molar-refractivity contribution is 0.232. The van der Waals surface area contributed by atoms with E-state index >= 15 is 0 Å². The van der Waals surface area contributed by atoms with Crippen LogP contribution in [0.2, 0.25) is 5.02 Å². The first-order valence-electron chi connectivity index (χ1n) is 11.5. The Kier molecular flexibility index (Phi) is 8.33. The summed E-state index contributed by atoms with van der Waals surface area (Å²) in [5, 5.41) is 0.762. The molecule has 0 fully saturated rings. The molecule has 0 spiro atoms. The van der Waals surface area contributed by atoms with E-state index in [0.29, 0.717) is 0 Å². The van der Waals surface area contributed by atoms with Gasteiger partial charge in [-0.25, -0.2) is 0 Å². The largest absolute Gasteiger partial charge is 0.491 e. The van der Waals surface area contributed by atoms with Crippen LogP contribution in [0, 0.1) is 6.92 Å². The van der Waals surface area contributed by atoms with Crippen LogP contribution in [0.25, 0.3) is 11.3 Å². The molecule has 0 saturated heterocycles. The van der Waals surface area contributed by atoms with Gasteiger partial charge in [-0.15, -0.1) is 0 Å². The smallest absolute Gasteiger partial charge is 0.128 e. The van der Waals surface area contributed by atoms with Crippen LogP contribution in [-0.2, 0) is 25.9 Å². The van der Waals surface area contributed by atoms with E-state index in [1.807, 2.05) is 12.1 Å². The minimum atomic E-state index is 0.0945. The molecule has 1 heterocycles. The average molecular weight is 451 g/mol. The van der Waals surface area contributed by atoms with E-state index in [-0.39, 0.29) is 6.10 Å². The van der Waals surface area contributed by atoms with Gasteiger partial charge in [0, 0.05) is 41.0 Å². The van der Waals surface area contributed by atoms with E-state index in [4.69, 9.17) is 21.3 Å². The molecule has 0 unspecified atom stereocenters. The van der Waals surface area contributed by atoms with E-state index in [0.717, 1.165) is 53.7 Å². The number of hydrogen-bond donors (Lipinski definition) is 0. The Morgan fingerprint density at radius 1 is 0.969 bits per heavy atom. The molecule has 0 saturated carbocycles. The molecule has 0 aliphatic rings. The summed E-state index contributed by atoms with van der Waals surface area (Å²) in [5.74, 6) is 0.929. The second-order valence-corrected chi connectivity index (χ2v) is 9.13. The molecule has 0 amide bonds. The first-order chi connectivity index (χ1) is 15.3. The summed E-state index contributed by atoms with van der Waals surface area (Å²) >= 11 is 6.04. The fraction of sp³-hybridized carbons (Fsp3) is 0.393. The Morgan fingerprint density at radius 3 is 2.16 bits per heavy atom. The normalized spacial score (nSPS) is 11.4. The third kappa shape index (κ3) is 5.90. The molecule has 2 aromatic carbocycles. The maximum atomic E-state index is 6.32. The number of aryl methyl sites for hydroxylation is 3. The zero-order chi connectivity index (χ0) is 23.3. The second kappa shape index (κ2) is 11.0. The van der Waals surface area contributed by atoms with Crippen molar-refractivity contribution in [3.8, 4) is 17.0 Å². The van der Waals surface area contributed by atoms with Crippen molar-refractivity contribution in [2.75, 3.05) is 7.05 Å². The highest BCUT2D eigenvalue weighted by Crippen LogP contribution is 2.34. The number of ether oxygens (including phenoxy) is 1. The fourth-order valence-corrected chi connectivity index (χ4v) is 4.27. The Labute approximate surface area is 198 Å². The van der Waals surface area contributed by atoms with Crippen molar-refractivity contribution in [1.29, 1.82) is 0 Å². The fourth-order valence-electron chi connectivity index (χ4n) is 4.15. The lowest BCUT2D eigenvalue weighted by Crippen LogP contribution is -2.20. The number of pyridine rings is 1. The van der Waals surface area contributed by atoms with Crippen LogP contribution in [-0.4, -0.2) is 23.0 Å². The van der Waals surface area contributed by atoms with E-state index in [1.165, 1.54) is 22.3 Å². The third-order valence-electron chi connectivity index (χ3n) is 5.70. The van der Waals surface area contributed by atoms with E-state index in [2.05, 4.69) is 83.0 Å². The molecule has 3 aromatic rings. The van der Waals surface area contributed by atoms with Crippen molar-refractivity contribution < 1.29 is 4.74 Å². The molecule has 0 aliphatic carbocycles. The summed E-state index contributed by atoms with van der Waals surface area (Å²) in [7, 11) is 2.13. The monoisotopic (exact) mass is 450 g/mol. The average Bonchev–Trinajstić information content (AvgIpc) is 2.76. The summed E-state index contributed by atoms with van der Waals surface area (Å²) in [6, 6.07) is 16.8. The first-order valence-corrected chi connectivity index (χ1v) is 11.9. The molecule has 3 rings (SSSR count). The molecule has 4 heteroatoms. The molecule has 0 atom stereocenters. The summed E-state index contributed by atoms with van der Waals surface area (Å²) < 4.78 is 6.32. The zero-order valence-electron chi connectivity index (χ0n) is 20.2. The lowest BCUT2D eigenvalue weighted by atomic mass is 9.94. The molecule has 0 bridgehead atoms. The van der Waals surface area contributed by atoms with Crippen molar-refractivity contribution in [3.63, 3.8) is 0 Å². The minimum absolute atomic E-state index is 0.0945. The van der Waals surface area contributed by atoms with Crippen LogP contribution in [0.1, 0.15) is 55.6 Å². The number of halogens is 1. The predicted octanol–water partition coefficient (Wildman–Crippen LogP) is 7.25. The van der Waals surface area contributed by atoms with Crippen molar-refractivity contribution >= 4 is 11.6 Å². The van der Waals surface area contributed by atoms with Gasteiger partial charge in [-0.2, -0.15) is 0 Å². The van der Waals surface area contributed by atoms with Gasteiger partial charge in [-0.1, -0.05) is 55.8 Å². The minimum Gasteiger partial charge on any atom is -0.491 e. The summed E-state index contributed by atoms with van der Waals surface area (Å²) in [6.07, 6.45) is 2.06. The highest BCUT2D eigenvalue weighted by atomic mass is 35.5. The van der Waals surface area contributed by atoms with Gasteiger partial charge in [-0.3, -0.25) is 9.88 Å². The van der Waals surface area contributed by atoms with Crippen LogP contribution in [0.5, 0.6) is 5.75 Å². The predicted molar refractivity (Wildman–Crippen MR) is 136 cm³/mol. The molecule has 170 valence electrons. The van der Waals surface area contributed by atoms with Crippen molar-refractivity contribution in [1.82, 2.24) is 9.88 Å². The Morgan fingerprint density at radius 2 is 1.59 bits per heavy atom. The SMILES string of the molecule is CCc1cccc(CC)c1-c1cc(OC(C)C)c(CN(C)Cc2ccc(Cl)cc2)c(C)n1. The number of rotatable bonds is 9. The molecule has 0 aliphatic heterocycles. The van der Waals surface area contributed by atoms with Gasteiger partial charge in [-0.05, 0) is 69.5 Å². The van der Waals surface area contributed by atoms with Crippen LogP contribution in [0.15, 0.2) is 48.5 Å². The van der Waals surface area contributed by atoms with E-state index in [9.17, 15) is 0 Å². The van der Waals surface area contributed by atoms with Crippen LogP contribution in [0.4, 0.5) is 0 Å². The van der Waals surface area contributed by atoms with Gasteiger partial charge < -0.3 is 4.74 Å². The molecule has 0 radical (unpaired) electrons. The second-order valence-electron chi connectivity index (χ2n) is 8.69. The highest BCUT2D eigenvalue weighted by molar-refractivity contribution is 6.30. The van der Waals surface area contributed by atoms with Crippen molar-refractivity contribution in [3.05, 3.63) is 81.5 Å². The standard InChI is InChI=1S/C28H35ClN2O/c1-7-22-10-9-11-23(8-2)28(22)26-16-27(32-19(3)4)25(20(5)30-26)18-31(6)17-21-12-14-24(29)15-13-21/h9-16,19H,7-8,17-18H2,1-6H3. The molecular weight excluding hydrogens is 416 g/mol.